The number of aromatic nitrogens is 2. The van der Waals surface area contributed by atoms with Crippen LogP contribution in [-0.4, -0.2) is 21.8 Å². The van der Waals surface area contributed by atoms with E-state index in [-0.39, 0.29) is 11.4 Å². The summed E-state index contributed by atoms with van der Waals surface area (Å²) >= 11 is 3.31. The number of methoxy groups -OCH3 is 1. The van der Waals surface area contributed by atoms with Gasteiger partial charge in [-0.15, -0.1) is 0 Å². The number of aromatic hydroxyl groups is 1. The standard InChI is InChI=1S/C13H13BrN2O4/c1-3-8-11(17)15-13(19)16(12(8)18)10-6-7(20-2)4-5-9(10)14/h4-6,18H,3H2,1-2H3,(H,15,17,19). The Labute approximate surface area is 122 Å². The summed E-state index contributed by atoms with van der Waals surface area (Å²) in [6.07, 6.45) is 0.309. The average molecular weight is 341 g/mol. The van der Waals surface area contributed by atoms with Gasteiger partial charge in [-0.05, 0) is 34.5 Å². The molecule has 1 aromatic heterocycles. The highest BCUT2D eigenvalue weighted by Gasteiger charge is 2.16. The molecule has 1 aromatic carbocycles. The van der Waals surface area contributed by atoms with E-state index in [0.717, 1.165) is 4.57 Å². The van der Waals surface area contributed by atoms with E-state index in [4.69, 9.17) is 4.74 Å². The molecule has 0 aliphatic rings. The number of benzene rings is 1. The van der Waals surface area contributed by atoms with E-state index < -0.39 is 11.2 Å². The van der Waals surface area contributed by atoms with Gasteiger partial charge in [-0.25, -0.2) is 9.36 Å². The lowest BCUT2D eigenvalue weighted by Gasteiger charge is -2.13. The molecule has 0 unspecified atom stereocenters. The quantitative estimate of drug-likeness (QED) is 0.888. The molecule has 7 heteroatoms. The summed E-state index contributed by atoms with van der Waals surface area (Å²) in [6.45, 7) is 1.72. The van der Waals surface area contributed by atoms with Gasteiger partial charge in [0.2, 0.25) is 5.88 Å². The number of ether oxygens (including phenoxy) is 1. The Hall–Kier alpha value is -2.02. The number of rotatable bonds is 3. The van der Waals surface area contributed by atoms with E-state index in [1.807, 2.05) is 0 Å². The van der Waals surface area contributed by atoms with Gasteiger partial charge in [-0.3, -0.25) is 9.78 Å². The highest BCUT2D eigenvalue weighted by Crippen LogP contribution is 2.28. The molecule has 0 atom stereocenters. The first kappa shape index (κ1) is 14.4. The van der Waals surface area contributed by atoms with E-state index in [1.165, 1.54) is 7.11 Å². The molecular formula is C13H13BrN2O4. The summed E-state index contributed by atoms with van der Waals surface area (Å²) in [5, 5.41) is 10.2. The van der Waals surface area contributed by atoms with Crippen molar-refractivity contribution >= 4 is 15.9 Å². The molecule has 6 nitrogen and oxygen atoms in total. The van der Waals surface area contributed by atoms with Crippen LogP contribution in [0.2, 0.25) is 0 Å². The number of H-pyrrole nitrogens is 1. The zero-order valence-electron chi connectivity index (χ0n) is 10.9. The second-order valence-corrected chi connectivity index (χ2v) is 4.92. The van der Waals surface area contributed by atoms with Crippen molar-refractivity contribution in [1.82, 2.24) is 9.55 Å². The number of hydrogen-bond acceptors (Lipinski definition) is 4. The third kappa shape index (κ3) is 2.36. The van der Waals surface area contributed by atoms with Gasteiger partial charge in [-0.2, -0.15) is 0 Å². The van der Waals surface area contributed by atoms with E-state index in [0.29, 0.717) is 22.3 Å². The average Bonchev–Trinajstić information content (AvgIpc) is 2.40. The molecule has 0 amide bonds. The summed E-state index contributed by atoms with van der Waals surface area (Å²) in [7, 11) is 1.50. The van der Waals surface area contributed by atoms with Gasteiger partial charge in [0.15, 0.2) is 0 Å². The van der Waals surface area contributed by atoms with Crippen LogP contribution < -0.4 is 16.0 Å². The molecule has 20 heavy (non-hydrogen) atoms. The SMILES string of the molecule is CCc1c(O)n(-c2cc(OC)ccc2Br)c(=O)[nH]c1=O. The molecule has 2 aromatic rings. The lowest BCUT2D eigenvalue weighted by molar-refractivity contribution is 0.411. The Morgan fingerprint density at radius 1 is 1.40 bits per heavy atom. The highest BCUT2D eigenvalue weighted by molar-refractivity contribution is 9.10. The normalized spacial score (nSPS) is 10.6. The molecule has 0 aliphatic carbocycles. The summed E-state index contributed by atoms with van der Waals surface area (Å²) in [5.74, 6) is 0.161. The summed E-state index contributed by atoms with van der Waals surface area (Å²) in [6, 6.07) is 4.99. The van der Waals surface area contributed by atoms with Crippen LogP contribution in [0.15, 0.2) is 32.3 Å². The first-order chi connectivity index (χ1) is 9.49. The molecule has 2 N–H and O–H groups in total. The molecule has 0 spiro atoms. The van der Waals surface area contributed by atoms with Crippen LogP contribution in [-0.2, 0) is 6.42 Å². The Morgan fingerprint density at radius 3 is 2.70 bits per heavy atom. The lowest BCUT2D eigenvalue weighted by atomic mass is 10.2. The van der Waals surface area contributed by atoms with Gasteiger partial charge < -0.3 is 9.84 Å². The summed E-state index contributed by atoms with van der Waals surface area (Å²) in [5.41, 5.74) is -0.749. The third-order valence-corrected chi connectivity index (χ3v) is 3.60. The fraction of sp³-hybridized carbons (Fsp3) is 0.231. The molecule has 0 saturated heterocycles. The van der Waals surface area contributed by atoms with Gasteiger partial charge in [0.05, 0.1) is 18.4 Å². The van der Waals surface area contributed by atoms with E-state index in [2.05, 4.69) is 20.9 Å². The van der Waals surface area contributed by atoms with Crippen LogP contribution in [0.1, 0.15) is 12.5 Å². The molecular weight excluding hydrogens is 328 g/mol. The Balaban J connectivity index is 2.83. The first-order valence-electron chi connectivity index (χ1n) is 5.90. The molecule has 0 saturated carbocycles. The van der Waals surface area contributed by atoms with Crippen LogP contribution in [0.5, 0.6) is 11.6 Å². The minimum Gasteiger partial charge on any atom is -0.497 e. The van der Waals surface area contributed by atoms with E-state index in [9.17, 15) is 14.7 Å². The minimum absolute atomic E-state index is 0.152. The van der Waals surface area contributed by atoms with Crippen molar-refractivity contribution in [3.05, 3.63) is 49.1 Å². The van der Waals surface area contributed by atoms with Crippen molar-refractivity contribution in [3.63, 3.8) is 0 Å². The highest BCUT2D eigenvalue weighted by atomic mass is 79.9. The molecule has 0 bridgehead atoms. The monoisotopic (exact) mass is 340 g/mol. The van der Waals surface area contributed by atoms with Gasteiger partial charge >= 0.3 is 5.69 Å². The zero-order valence-corrected chi connectivity index (χ0v) is 12.5. The van der Waals surface area contributed by atoms with Crippen LogP contribution in [0.25, 0.3) is 5.69 Å². The third-order valence-electron chi connectivity index (χ3n) is 2.93. The fourth-order valence-corrected chi connectivity index (χ4v) is 2.32. The zero-order chi connectivity index (χ0) is 14.9. The first-order valence-corrected chi connectivity index (χ1v) is 6.70. The number of aromatic amines is 1. The van der Waals surface area contributed by atoms with Gasteiger partial charge in [0.1, 0.15) is 5.75 Å². The number of halogens is 1. The summed E-state index contributed by atoms with van der Waals surface area (Å²) < 4.78 is 6.72. The van der Waals surface area contributed by atoms with Crippen LogP contribution in [0.4, 0.5) is 0 Å². The predicted molar refractivity (Wildman–Crippen MR) is 78.0 cm³/mol. The Bertz CT molecular complexity index is 764. The van der Waals surface area contributed by atoms with Crippen molar-refractivity contribution in [2.45, 2.75) is 13.3 Å². The smallest absolute Gasteiger partial charge is 0.335 e. The number of hydrogen-bond donors (Lipinski definition) is 2. The van der Waals surface area contributed by atoms with Crippen molar-refractivity contribution in [3.8, 4) is 17.3 Å². The Kier molecular flexibility index (Phi) is 3.99. The van der Waals surface area contributed by atoms with Crippen molar-refractivity contribution in [2.75, 3.05) is 7.11 Å². The van der Waals surface area contributed by atoms with Crippen molar-refractivity contribution < 1.29 is 9.84 Å². The maximum Gasteiger partial charge on any atom is 0.335 e. The predicted octanol–water partition coefficient (Wildman–Crippen LogP) is 1.56. The van der Waals surface area contributed by atoms with E-state index >= 15 is 0 Å². The largest absolute Gasteiger partial charge is 0.497 e. The van der Waals surface area contributed by atoms with Crippen LogP contribution in [0.3, 0.4) is 0 Å². The van der Waals surface area contributed by atoms with Gasteiger partial charge in [-0.1, -0.05) is 6.92 Å². The molecule has 0 fully saturated rings. The van der Waals surface area contributed by atoms with Crippen molar-refractivity contribution in [2.24, 2.45) is 0 Å². The molecule has 106 valence electrons. The number of nitrogens with one attached hydrogen (secondary N) is 1. The van der Waals surface area contributed by atoms with Crippen LogP contribution >= 0.6 is 15.9 Å². The second kappa shape index (κ2) is 5.54. The maximum absolute atomic E-state index is 12.0. The molecule has 2 rings (SSSR count). The summed E-state index contributed by atoms with van der Waals surface area (Å²) in [4.78, 5) is 25.8. The molecule has 1 heterocycles. The maximum atomic E-state index is 12.0. The second-order valence-electron chi connectivity index (χ2n) is 4.07. The van der Waals surface area contributed by atoms with Gasteiger partial charge in [0, 0.05) is 10.5 Å². The van der Waals surface area contributed by atoms with Crippen LogP contribution in [0, 0.1) is 0 Å². The Morgan fingerprint density at radius 2 is 2.10 bits per heavy atom. The topological polar surface area (TPSA) is 84.3 Å². The number of nitrogens with zero attached hydrogens (tertiary/aromatic N) is 1. The minimum atomic E-state index is -0.710. The molecule has 0 radical (unpaired) electrons. The van der Waals surface area contributed by atoms with Crippen molar-refractivity contribution in [1.29, 1.82) is 0 Å². The van der Waals surface area contributed by atoms with E-state index in [1.54, 1.807) is 25.1 Å². The molecule has 0 aliphatic heterocycles. The van der Waals surface area contributed by atoms with Gasteiger partial charge in [0.25, 0.3) is 5.56 Å². The fourth-order valence-electron chi connectivity index (χ4n) is 1.89. The lowest BCUT2D eigenvalue weighted by Crippen LogP contribution is -2.31.